The summed E-state index contributed by atoms with van der Waals surface area (Å²) in [6.45, 7) is 4.71. The van der Waals surface area contributed by atoms with Crippen molar-refractivity contribution in [3.05, 3.63) is 44.4 Å². The van der Waals surface area contributed by atoms with E-state index < -0.39 is 4.92 Å². The number of hydrogen-bond acceptors (Lipinski definition) is 6. The standard InChI is InChI=1S/C14H17N3O3S/c1-3-10-8-16-13(21-10)9-15-11-6-5-7-12(20-4-2)14(11)17(18)19/h5-8,15H,3-4,9H2,1-2H3. The van der Waals surface area contributed by atoms with Crippen molar-refractivity contribution in [3.8, 4) is 5.75 Å². The van der Waals surface area contributed by atoms with Crippen LogP contribution in [0.3, 0.4) is 0 Å². The number of benzene rings is 1. The van der Waals surface area contributed by atoms with Crippen LogP contribution in [0.25, 0.3) is 0 Å². The summed E-state index contributed by atoms with van der Waals surface area (Å²) in [7, 11) is 0. The fourth-order valence-corrected chi connectivity index (χ4v) is 2.69. The maximum atomic E-state index is 11.3. The van der Waals surface area contributed by atoms with E-state index in [2.05, 4.69) is 17.2 Å². The first-order valence-corrected chi connectivity index (χ1v) is 7.55. The highest BCUT2D eigenvalue weighted by molar-refractivity contribution is 7.11. The average molecular weight is 307 g/mol. The predicted molar refractivity (Wildman–Crippen MR) is 83.1 cm³/mol. The van der Waals surface area contributed by atoms with Gasteiger partial charge < -0.3 is 10.1 Å². The van der Waals surface area contributed by atoms with Gasteiger partial charge in [0.2, 0.25) is 0 Å². The highest BCUT2D eigenvalue weighted by atomic mass is 32.1. The van der Waals surface area contributed by atoms with Gasteiger partial charge in [-0.3, -0.25) is 10.1 Å². The van der Waals surface area contributed by atoms with Gasteiger partial charge >= 0.3 is 5.69 Å². The molecule has 0 atom stereocenters. The Hall–Kier alpha value is -2.15. The molecule has 7 heteroatoms. The van der Waals surface area contributed by atoms with Crippen molar-refractivity contribution in [2.24, 2.45) is 0 Å². The molecule has 0 spiro atoms. The number of ether oxygens (including phenoxy) is 1. The molecule has 2 aromatic rings. The zero-order valence-corrected chi connectivity index (χ0v) is 12.8. The van der Waals surface area contributed by atoms with Crippen molar-refractivity contribution >= 4 is 22.7 Å². The highest BCUT2D eigenvalue weighted by Crippen LogP contribution is 2.35. The Kier molecular flexibility index (Phi) is 5.10. The van der Waals surface area contributed by atoms with Gasteiger partial charge in [-0.15, -0.1) is 11.3 Å². The Morgan fingerprint density at radius 2 is 2.24 bits per heavy atom. The number of para-hydroxylation sites is 1. The number of hydrogen-bond donors (Lipinski definition) is 1. The Balaban J connectivity index is 2.18. The van der Waals surface area contributed by atoms with Gasteiger partial charge in [0.05, 0.1) is 18.1 Å². The van der Waals surface area contributed by atoms with E-state index in [1.54, 1.807) is 36.5 Å². The number of rotatable bonds is 7. The minimum absolute atomic E-state index is 0.0355. The lowest BCUT2D eigenvalue weighted by atomic mass is 10.2. The molecular weight excluding hydrogens is 290 g/mol. The summed E-state index contributed by atoms with van der Waals surface area (Å²) in [5, 5.41) is 15.2. The van der Waals surface area contributed by atoms with Crippen LogP contribution in [0.4, 0.5) is 11.4 Å². The summed E-state index contributed by atoms with van der Waals surface area (Å²) in [5.41, 5.74) is 0.408. The third-order valence-electron chi connectivity index (χ3n) is 2.86. The van der Waals surface area contributed by atoms with Crippen LogP contribution in [0.2, 0.25) is 0 Å². The fourth-order valence-electron chi connectivity index (χ4n) is 1.89. The van der Waals surface area contributed by atoms with E-state index in [-0.39, 0.29) is 11.4 Å². The number of thiazole rings is 1. The van der Waals surface area contributed by atoms with Crippen LogP contribution >= 0.6 is 11.3 Å². The van der Waals surface area contributed by atoms with Crippen molar-refractivity contribution < 1.29 is 9.66 Å². The zero-order valence-electron chi connectivity index (χ0n) is 12.0. The minimum atomic E-state index is -0.424. The van der Waals surface area contributed by atoms with Gasteiger partial charge in [0.15, 0.2) is 5.75 Å². The van der Waals surface area contributed by atoms with Gasteiger partial charge in [-0.25, -0.2) is 4.98 Å². The van der Waals surface area contributed by atoms with Crippen LogP contribution in [-0.4, -0.2) is 16.5 Å². The van der Waals surface area contributed by atoms with Crippen molar-refractivity contribution in [2.75, 3.05) is 11.9 Å². The molecule has 0 saturated carbocycles. The summed E-state index contributed by atoms with van der Waals surface area (Å²) in [6, 6.07) is 5.01. The van der Waals surface area contributed by atoms with Crippen LogP contribution in [0.1, 0.15) is 23.7 Å². The van der Waals surface area contributed by atoms with Crippen molar-refractivity contribution in [1.82, 2.24) is 4.98 Å². The molecular formula is C14H17N3O3S. The number of nitrogens with zero attached hydrogens (tertiary/aromatic N) is 2. The van der Waals surface area contributed by atoms with Crippen LogP contribution < -0.4 is 10.1 Å². The van der Waals surface area contributed by atoms with E-state index >= 15 is 0 Å². The molecule has 0 amide bonds. The van der Waals surface area contributed by atoms with Crippen molar-refractivity contribution in [1.29, 1.82) is 0 Å². The smallest absolute Gasteiger partial charge is 0.333 e. The second-order valence-electron chi connectivity index (χ2n) is 4.27. The predicted octanol–water partition coefficient (Wildman–Crippen LogP) is 3.62. The van der Waals surface area contributed by atoms with Crippen LogP contribution in [0.5, 0.6) is 5.75 Å². The average Bonchev–Trinajstić information content (AvgIpc) is 2.93. The first-order valence-electron chi connectivity index (χ1n) is 6.73. The number of nitrogens with one attached hydrogen (secondary N) is 1. The quantitative estimate of drug-likeness (QED) is 0.624. The van der Waals surface area contributed by atoms with Gasteiger partial charge in [0, 0.05) is 11.1 Å². The molecule has 0 aliphatic heterocycles. The maximum absolute atomic E-state index is 11.3. The molecule has 1 aromatic heterocycles. The Labute approximate surface area is 126 Å². The number of aryl methyl sites for hydroxylation is 1. The molecule has 6 nitrogen and oxygen atoms in total. The molecule has 21 heavy (non-hydrogen) atoms. The molecule has 0 aliphatic carbocycles. The molecule has 2 rings (SSSR count). The van der Waals surface area contributed by atoms with E-state index in [1.165, 1.54) is 4.88 Å². The normalized spacial score (nSPS) is 10.4. The molecule has 0 bridgehead atoms. The van der Waals surface area contributed by atoms with E-state index in [0.717, 1.165) is 11.4 Å². The minimum Gasteiger partial charge on any atom is -0.487 e. The Morgan fingerprint density at radius 1 is 1.43 bits per heavy atom. The van der Waals surface area contributed by atoms with E-state index in [9.17, 15) is 10.1 Å². The van der Waals surface area contributed by atoms with Gasteiger partial charge in [-0.2, -0.15) is 0 Å². The van der Waals surface area contributed by atoms with Crippen LogP contribution in [0, 0.1) is 10.1 Å². The van der Waals surface area contributed by atoms with Crippen LogP contribution in [0.15, 0.2) is 24.4 Å². The van der Waals surface area contributed by atoms with Gasteiger partial charge in [0.25, 0.3) is 0 Å². The molecule has 1 N–H and O–H groups in total. The summed E-state index contributed by atoms with van der Waals surface area (Å²) < 4.78 is 5.32. The molecule has 1 heterocycles. The number of aromatic nitrogens is 1. The first-order chi connectivity index (χ1) is 10.2. The van der Waals surface area contributed by atoms with Crippen molar-refractivity contribution in [2.45, 2.75) is 26.8 Å². The molecule has 1 aromatic carbocycles. The topological polar surface area (TPSA) is 77.3 Å². The summed E-state index contributed by atoms with van der Waals surface area (Å²) in [6.07, 6.45) is 2.78. The molecule has 0 saturated heterocycles. The second-order valence-corrected chi connectivity index (χ2v) is 5.47. The van der Waals surface area contributed by atoms with Gasteiger partial charge in [-0.05, 0) is 25.5 Å². The Bertz CT molecular complexity index is 628. The van der Waals surface area contributed by atoms with Gasteiger partial charge in [-0.1, -0.05) is 13.0 Å². The summed E-state index contributed by atoms with van der Waals surface area (Å²) in [4.78, 5) is 16.3. The van der Waals surface area contributed by atoms with E-state index in [4.69, 9.17) is 4.74 Å². The third-order valence-corrected chi connectivity index (χ3v) is 4.00. The van der Waals surface area contributed by atoms with E-state index in [0.29, 0.717) is 18.8 Å². The Morgan fingerprint density at radius 3 is 2.86 bits per heavy atom. The molecule has 112 valence electrons. The zero-order chi connectivity index (χ0) is 15.2. The molecule has 0 fully saturated rings. The van der Waals surface area contributed by atoms with Crippen molar-refractivity contribution in [3.63, 3.8) is 0 Å². The fraction of sp³-hybridized carbons (Fsp3) is 0.357. The lowest BCUT2D eigenvalue weighted by molar-refractivity contribution is -0.384. The summed E-state index contributed by atoms with van der Waals surface area (Å²) in [5.74, 6) is 0.279. The molecule has 0 aliphatic rings. The highest BCUT2D eigenvalue weighted by Gasteiger charge is 2.20. The second kappa shape index (κ2) is 7.03. The monoisotopic (exact) mass is 307 g/mol. The maximum Gasteiger partial charge on any atom is 0.333 e. The molecule has 0 unspecified atom stereocenters. The first kappa shape index (κ1) is 15.2. The lowest BCUT2D eigenvalue weighted by Gasteiger charge is -2.09. The molecule has 0 radical (unpaired) electrons. The third kappa shape index (κ3) is 3.69. The number of nitro benzene ring substituents is 1. The lowest BCUT2D eigenvalue weighted by Crippen LogP contribution is -2.04. The van der Waals surface area contributed by atoms with Crippen LogP contribution in [-0.2, 0) is 13.0 Å². The number of nitro groups is 1. The van der Waals surface area contributed by atoms with Gasteiger partial charge in [0.1, 0.15) is 10.7 Å². The van der Waals surface area contributed by atoms with E-state index in [1.807, 2.05) is 6.20 Å². The largest absolute Gasteiger partial charge is 0.487 e. The SMILES string of the molecule is CCOc1cccc(NCc2ncc(CC)s2)c1[N+](=O)[O-]. The summed E-state index contributed by atoms with van der Waals surface area (Å²) >= 11 is 1.61. The number of anilines is 1.